The van der Waals surface area contributed by atoms with Gasteiger partial charge in [0, 0.05) is 33.3 Å². The molecule has 3 N–H and O–H groups in total. The van der Waals surface area contributed by atoms with Crippen LogP contribution in [0.3, 0.4) is 0 Å². The van der Waals surface area contributed by atoms with E-state index >= 15 is 0 Å². The van der Waals surface area contributed by atoms with Crippen molar-refractivity contribution >= 4 is 11.9 Å². The molecule has 2 rings (SSSR count). The summed E-state index contributed by atoms with van der Waals surface area (Å²) in [6.07, 6.45) is 0. The molecule has 7 nitrogen and oxygen atoms in total. The minimum Gasteiger partial charge on any atom is -0.383 e. The second-order valence-corrected chi connectivity index (χ2v) is 4.38. The van der Waals surface area contributed by atoms with Gasteiger partial charge in [-0.05, 0) is 0 Å². The molecule has 0 radical (unpaired) electrons. The first-order chi connectivity index (χ1) is 8.13. The molecular formula is C10H18N4O3. The standard InChI is InChI=1S/C10H18N4O3/c1-17-6-8(11)9(15)13-2-3-14-7(5-13)4-12-10(14)16/h7-8H,2-6,11H2,1H3,(H,12,16). The molecule has 7 heteroatoms. The molecule has 2 heterocycles. The highest BCUT2D eigenvalue weighted by Crippen LogP contribution is 2.14. The fraction of sp³-hybridized carbons (Fsp3) is 0.800. The number of ether oxygens (including phenoxy) is 1. The molecule has 96 valence electrons. The number of rotatable bonds is 3. The van der Waals surface area contributed by atoms with E-state index in [-0.39, 0.29) is 24.6 Å². The Morgan fingerprint density at radius 3 is 3.12 bits per heavy atom. The van der Waals surface area contributed by atoms with Gasteiger partial charge in [0.2, 0.25) is 5.91 Å². The number of carbonyl (C=O) groups excluding carboxylic acids is 2. The van der Waals surface area contributed by atoms with Crippen LogP contribution in [0.4, 0.5) is 4.79 Å². The first kappa shape index (κ1) is 12.1. The Morgan fingerprint density at radius 1 is 1.65 bits per heavy atom. The third kappa shape index (κ3) is 2.34. The number of amides is 3. The molecule has 0 bridgehead atoms. The molecule has 2 aliphatic heterocycles. The van der Waals surface area contributed by atoms with Crippen molar-refractivity contribution in [3.8, 4) is 0 Å². The lowest BCUT2D eigenvalue weighted by Crippen LogP contribution is -2.57. The lowest BCUT2D eigenvalue weighted by Gasteiger charge is -2.37. The predicted octanol–water partition coefficient (Wildman–Crippen LogP) is -1.80. The van der Waals surface area contributed by atoms with E-state index in [1.54, 1.807) is 9.80 Å². The number of urea groups is 1. The maximum atomic E-state index is 12.0. The van der Waals surface area contributed by atoms with E-state index in [0.717, 1.165) is 0 Å². The van der Waals surface area contributed by atoms with Crippen LogP contribution in [-0.2, 0) is 9.53 Å². The van der Waals surface area contributed by atoms with Crippen molar-refractivity contribution in [1.29, 1.82) is 0 Å². The number of piperazine rings is 1. The van der Waals surface area contributed by atoms with Crippen LogP contribution in [0.1, 0.15) is 0 Å². The third-order valence-electron chi connectivity index (χ3n) is 3.21. The Labute approximate surface area is 99.9 Å². The zero-order valence-corrected chi connectivity index (χ0v) is 9.89. The number of nitrogens with two attached hydrogens (primary N) is 1. The summed E-state index contributed by atoms with van der Waals surface area (Å²) in [7, 11) is 1.52. The molecule has 2 unspecified atom stereocenters. The van der Waals surface area contributed by atoms with Crippen LogP contribution >= 0.6 is 0 Å². The van der Waals surface area contributed by atoms with Crippen LogP contribution in [0.15, 0.2) is 0 Å². The molecule has 0 aromatic rings. The van der Waals surface area contributed by atoms with Gasteiger partial charge in [-0.2, -0.15) is 0 Å². The summed E-state index contributed by atoms with van der Waals surface area (Å²) < 4.78 is 4.87. The van der Waals surface area contributed by atoms with Gasteiger partial charge in [0.05, 0.1) is 12.6 Å². The molecule has 0 aromatic heterocycles. The summed E-state index contributed by atoms with van der Waals surface area (Å²) in [4.78, 5) is 26.8. The van der Waals surface area contributed by atoms with Crippen molar-refractivity contribution in [1.82, 2.24) is 15.1 Å². The predicted molar refractivity (Wildman–Crippen MR) is 60.3 cm³/mol. The normalized spacial score (nSPS) is 25.5. The smallest absolute Gasteiger partial charge is 0.317 e. The van der Waals surface area contributed by atoms with E-state index in [2.05, 4.69) is 5.32 Å². The molecule has 0 aliphatic carbocycles. The topological polar surface area (TPSA) is 87.9 Å². The van der Waals surface area contributed by atoms with E-state index in [0.29, 0.717) is 26.2 Å². The molecule has 0 spiro atoms. The van der Waals surface area contributed by atoms with Crippen LogP contribution in [0.2, 0.25) is 0 Å². The lowest BCUT2D eigenvalue weighted by molar-refractivity contribution is -0.135. The van der Waals surface area contributed by atoms with E-state index in [1.807, 2.05) is 0 Å². The van der Waals surface area contributed by atoms with Gasteiger partial charge in [0.25, 0.3) is 0 Å². The molecule has 2 atom stereocenters. The maximum absolute atomic E-state index is 12.0. The summed E-state index contributed by atoms with van der Waals surface area (Å²) in [6.45, 7) is 2.49. The summed E-state index contributed by atoms with van der Waals surface area (Å²) >= 11 is 0. The van der Waals surface area contributed by atoms with Crippen LogP contribution in [-0.4, -0.2) is 73.7 Å². The van der Waals surface area contributed by atoms with E-state index in [1.165, 1.54) is 7.11 Å². The van der Waals surface area contributed by atoms with Gasteiger partial charge < -0.3 is 25.6 Å². The van der Waals surface area contributed by atoms with E-state index in [4.69, 9.17) is 10.5 Å². The Morgan fingerprint density at radius 2 is 2.41 bits per heavy atom. The van der Waals surface area contributed by atoms with Crippen molar-refractivity contribution in [3.63, 3.8) is 0 Å². The first-order valence-corrected chi connectivity index (χ1v) is 5.71. The van der Waals surface area contributed by atoms with Gasteiger partial charge in [0.15, 0.2) is 0 Å². The van der Waals surface area contributed by atoms with Crippen LogP contribution in [0, 0.1) is 0 Å². The second kappa shape index (κ2) is 4.89. The largest absolute Gasteiger partial charge is 0.383 e. The Kier molecular flexibility index (Phi) is 3.49. The van der Waals surface area contributed by atoms with Crippen LogP contribution in [0.5, 0.6) is 0 Å². The molecule has 3 amide bonds. The third-order valence-corrected chi connectivity index (χ3v) is 3.21. The molecule has 0 saturated carbocycles. The van der Waals surface area contributed by atoms with Gasteiger partial charge >= 0.3 is 6.03 Å². The average molecular weight is 242 g/mol. The van der Waals surface area contributed by atoms with Gasteiger partial charge in [-0.3, -0.25) is 4.79 Å². The average Bonchev–Trinajstić information content (AvgIpc) is 2.70. The van der Waals surface area contributed by atoms with Crippen molar-refractivity contribution in [2.24, 2.45) is 5.73 Å². The van der Waals surface area contributed by atoms with Crippen LogP contribution < -0.4 is 11.1 Å². The fourth-order valence-corrected chi connectivity index (χ4v) is 2.29. The Bertz CT molecular complexity index is 323. The van der Waals surface area contributed by atoms with E-state index in [9.17, 15) is 9.59 Å². The number of hydrogen-bond acceptors (Lipinski definition) is 4. The summed E-state index contributed by atoms with van der Waals surface area (Å²) in [5, 5.41) is 2.77. The highest BCUT2D eigenvalue weighted by Gasteiger charge is 2.37. The molecule has 0 aromatic carbocycles. The van der Waals surface area contributed by atoms with Crippen molar-refractivity contribution < 1.29 is 14.3 Å². The van der Waals surface area contributed by atoms with Crippen molar-refractivity contribution in [2.75, 3.05) is 39.9 Å². The molecule has 2 saturated heterocycles. The SMILES string of the molecule is COCC(N)C(=O)N1CCN2C(=O)NCC2C1. The number of nitrogens with one attached hydrogen (secondary N) is 1. The number of fused-ring (bicyclic) bond motifs is 1. The molecule has 2 aliphatic rings. The monoisotopic (exact) mass is 242 g/mol. The molecule has 17 heavy (non-hydrogen) atoms. The maximum Gasteiger partial charge on any atom is 0.317 e. The second-order valence-electron chi connectivity index (χ2n) is 4.38. The number of methoxy groups -OCH3 is 1. The van der Waals surface area contributed by atoms with Gasteiger partial charge in [0.1, 0.15) is 6.04 Å². The van der Waals surface area contributed by atoms with Gasteiger partial charge in [-0.25, -0.2) is 4.79 Å². The van der Waals surface area contributed by atoms with Gasteiger partial charge in [-0.1, -0.05) is 0 Å². The minimum absolute atomic E-state index is 0.0386. The highest BCUT2D eigenvalue weighted by molar-refractivity contribution is 5.83. The number of carbonyl (C=O) groups is 2. The van der Waals surface area contributed by atoms with Gasteiger partial charge in [-0.15, -0.1) is 0 Å². The van der Waals surface area contributed by atoms with Crippen molar-refractivity contribution in [3.05, 3.63) is 0 Å². The Balaban J connectivity index is 1.92. The fourth-order valence-electron chi connectivity index (χ4n) is 2.29. The zero-order valence-electron chi connectivity index (χ0n) is 9.89. The first-order valence-electron chi connectivity index (χ1n) is 5.71. The summed E-state index contributed by atoms with van der Waals surface area (Å²) in [5.74, 6) is -0.106. The summed E-state index contributed by atoms with van der Waals surface area (Å²) in [6, 6.07) is -0.574. The zero-order chi connectivity index (χ0) is 12.4. The quantitative estimate of drug-likeness (QED) is 0.611. The lowest BCUT2D eigenvalue weighted by atomic mass is 10.1. The minimum atomic E-state index is -0.614. The number of nitrogens with zero attached hydrogens (tertiary/aromatic N) is 2. The number of hydrogen-bond donors (Lipinski definition) is 2. The molecule has 2 fully saturated rings. The summed E-state index contributed by atoms with van der Waals surface area (Å²) in [5.41, 5.74) is 5.71. The van der Waals surface area contributed by atoms with Crippen molar-refractivity contribution in [2.45, 2.75) is 12.1 Å². The molecular weight excluding hydrogens is 224 g/mol. The highest BCUT2D eigenvalue weighted by atomic mass is 16.5. The van der Waals surface area contributed by atoms with E-state index < -0.39 is 6.04 Å². The Hall–Kier alpha value is -1.34. The van der Waals surface area contributed by atoms with Crippen LogP contribution in [0.25, 0.3) is 0 Å².